The van der Waals surface area contributed by atoms with E-state index in [1.807, 2.05) is 6.08 Å². The minimum atomic E-state index is -0.939. The van der Waals surface area contributed by atoms with Gasteiger partial charge in [-0.05, 0) is 12.2 Å². The Morgan fingerprint density at radius 1 is 1.41 bits per heavy atom. The largest absolute Gasteiger partial charge is 0.482 e. The predicted octanol–water partition coefficient (Wildman–Crippen LogP) is 0.885. The van der Waals surface area contributed by atoms with Crippen molar-refractivity contribution in [2.75, 3.05) is 14.2 Å². The minimum absolute atomic E-state index is 0.594. The SMILES string of the molecule is COC1=CC=NC(C=Cc2cnc[nH]2)(OC)N1. The molecule has 0 amide bonds. The number of nitrogens with zero attached hydrogens (tertiary/aromatic N) is 2. The number of H-pyrrole nitrogens is 1. The summed E-state index contributed by atoms with van der Waals surface area (Å²) in [6, 6.07) is 0. The molecule has 6 heteroatoms. The molecule has 0 saturated carbocycles. The van der Waals surface area contributed by atoms with Gasteiger partial charge in [-0.3, -0.25) is 0 Å². The van der Waals surface area contributed by atoms with E-state index in [1.54, 1.807) is 45.1 Å². The molecule has 0 spiro atoms. The number of hydrogen-bond donors (Lipinski definition) is 2. The molecule has 1 aromatic heterocycles. The average Bonchev–Trinajstić information content (AvgIpc) is 2.90. The first-order valence-corrected chi connectivity index (χ1v) is 5.08. The van der Waals surface area contributed by atoms with Crippen LogP contribution < -0.4 is 5.32 Å². The number of aromatic amines is 1. The van der Waals surface area contributed by atoms with E-state index in [2.05, 4.69) is 20.3 Å². The number of nitrogens with one attached hydrogen (secondary N) is 2. The van der Waals surface area contributed by atoms with Crippen LogP contribution >= 0.6 is 0 Å². The molecule has 90 valence electrons. The predicted molar refractivity (Wildman–Crippen MR) is 64.1 cm³/mol. The van der Waals surface area contributed by atoms with Crippen LogP contribution in [-0.2, 0) is 9.47 Å². The van der Waals surface area contributed by atoms with Crippen LogP contribution in [0.25, 0.3) is 6.08 Å². The summed E-state index contributed by atoms with van der Waals surface area (Å²) in [6.07, 6.45) is 10.3. The maximum absolute atomic E-state index is 5.36. The fourth-order valence-corrected chi connectivity index (χ4v) is 1.40. The molecule has 0 saturated heterocycles. The summed E-state index contributed by atoms with van der Waals surface area (Å²) in [7, 11) is 3.15. The molecular formula is C11H14N4O2. The number of allylic oxidation sites excluding steroid dienone is 1. The van der Waals surface area contributed by atoms with E-state index in [1.165, 1.54) is 0 Å². The summed E-state index contributed by atoms with van der Waals surface area (Å²) in [5, 5.41) is 3.03. The molecule has 1 atom stereocenters. The van der Waals surface area contributed by atoms with Gasteiger partial charge in [-0.1, -0.05) is 0 Å². The smallest absolute Gasteiger partial charge is 0.259 e. The minimum Gasteiger partial charge on any atom is -0.482 e. The second-order valence-electron chi connectivity index (χ2n) is 3.38. The monoisotopic (exact) mass is 234 g/mol. The van der Waals surface area contributed by atoms with Crippen LogP contribution in [0.15, 0.2) is 35.6 Å². The maximum atomic E-state index is 5.36. The highest BCUT2D eigenvalue weighted by Gasteiger charge is 2.28. The normalized spacial score (nSPS) is 23.5. The second-order valence-corrected chi connectivity index (χ2v) is 3.38. The van der Waals surface area contributed by atoms with Crippen molar-refractivity contribution < 1.29 is 9.47 Å². The third kappa shape index (κ3) is 2.54. The molecule has 0 aromatic carbocycles. The van der Waals surface area contributed by atoms with Gasteiger partial charge in [-0.15, -0.1) is 0 Å². The molecule has 0 radical (unpaired) electrons. The zero-order valence-corrected chi connectivity index (χ0v) is 9.68. The molecule has 1 aliphatic rings. The van der Waals surface area contributed by atoms with Crippen molar-refractivity contribution in [1.29, 1.82) is 0 Å². The van der Waals surface area contributed by atoms with Crippen molar-refractivity contribution in [1.82, 2.24) is 15.3 Å². The number of hydrogen-bond acceptors (Lipinski definition) is 5. The third-order valence-electron chi connectivity index (χ3n) is 2.33. The van der Waals surface area contributed by atoms with Crippen molar-refractivity contribution in [2.45, 2.75) is 5.85 Å². The molecule has 0 bridgehead atoms. The Balaban J connectivity index is 2.16. The Kier molecular flexibility index (Phi) is 3.24. The zero-order valence-electron chi connectivity index (χ0n) is 9.68. The van der Waals surface area contributed by atoms with Gasteiger partial charge in [-0.25, -0.2) is 9.98 Å². The Morgan fingerprint density at radius 2 is 2.29 bits per heavy atom. The van der Waals surface area contributed by atoms with Crippen molar-refractivity contribution in [3.05, 3.63) is 36.3 Å². The topological polar surface area (TPSA) is 71.5 Å². The first-order chi connectivity index (χ1) is 8.28. The lowest BCUT2D eigenvalue weighted by Gasteiger charge is -2.29. The Morgan fingerprint density at radius 3 is 2.94 bits per heavy atom. The Hall–Kier alpha value is -2.08. The summed E-state index contributed by atoms with van der Waals surface area (Å²) in [4.78, 5) is 11.1. The fourth-order valence-electron chi connectivity index (χ4n) is 1.40. The lowest BCUT2D eigenvalue weighted by molar-refractivity contribution is 0.00402. The van der Waals surface area contributed by atoms with Gasteiger partial charge in [0.05, 0.1) is 25.3 Å². The van der Waals surface area contributed by atoms with Crippen LogP contribution in [0.1, 0.15) is 5.69 Å². The fraction of sp³-hybridized carbons (Fsp3) is 0.273. The highest BCUT2D eigenvalue weighted by molar-refractivity contribution is 5.73. The van der Waals surface area contributed by atoms with E-state index < -0.39 is 5.85 Å². The van der Waals surface area contributed by atoms with Crippen LogP contribution in [-0.4, -0.2) is 36.3 Å². The van der Waals surface area contributed by atoms with Crippen LogP contribution in [0.2, 0.25) is 0 Å². The van der Waals surface area contributed by atoms with Crippen molar-refractivity contribution in [3.63, 3.8) is 0 Å². The van der Waals surface area contributed by atoms with Crippen LogP contribution in [0.3, 0.4) is 0 Å². The summed E-state index contributed by atoms with van der Waals surface area (Å²) < 4.78 is 10.5. The maximum Gasteiger partial charge on any atom is 0.259 e. The number of imidazole rings is 1. The summed E-state index contributed by atoms with van der Waals surface area (Å²) in [5.74, 6) is -0.346. The number of rotatable bonds is 4. The second kappa shape index (κ2) is 4.84. The van der Waals surface area contributed by atoms with Gasteiger partial charge in [0.1, 0.15) is 0 Å². The van der Waals surface area contributed by atoms with Crippen molar-refractivity contribution in [3.8, 4) is 0 Å². The molecule has 2 rings (SSSR count). The van der Waals surface area contributed by atoms with Crippen LogP contribution in [0.5, 0.6) is 0 Å². The first-order valence-electron chi connectivity index (χ1n) is 5.08. The molecule has 1 unspecified atom stereocenters. The molecule has 17 heavy (non-hydrogen) atoms. The Bertz CT molecular complexity index is 450. The molecular weight excluding hydrogens is 220 g/mol. The summed E-state index contributed by atoms with van der Waals surface area (Å²) in [5.41, 5.74) is 0.868. The van der Waals surface area contributed by atoms with E-state index >= 15 is 0 Å². The van der Waals surface area contributed by atoms with E-state index in [-0.39, 0.29) is 0 Å². The molecule has 0 aliphatic carbocycles. The van der Waals surface area contributed by atoms with Crippen molar-refractivity contribution >= 4 is 12.3 Å². The van der Waals surface area contributed by atoms with E-state index in [0.29, 0.717) is 5.88 Å². The molecule has 2 heterocycles. The number of ether oxygens (including phenoxy) is 2. The summed E-state index contributed by atoms with van der Waals surface area (Å²) >= 11 is 0. The van der Waals surface area contributed by atoms with Gasteiger partial charge >= 0.3 is 0 Å². The van der Waals surface area contributed by atoms with Crippen LogP contribution in [0.4, 0.5) is 0 Å². The van der Waals surface area contributed by atoms with Gasteiger partial charge in [-0.2, -0.15) is 0 Å². The zero-order chi connectivity index (χ0) is 12.1. The Labute approximate surface area is 99.1 Å². The van der Waals surface area contributed by atoms with Gasteiger partial charge in [0, 0.05) is 19.4 Å². The number of aliphatic imine (C=N–C) groups is 1. The van der Waals surface area contributed by atoms with Gasteiger partial charge < -0.3 is 19.8 Å². The van der Waals surface area contributed by atoms with Gasteiger partial charge in [0.25, 0.3) is 5.85 Å². The molecule has 1 aromatic rings. The molecule has 1 aliphatic heterocycles. The highest BCUT2D eigenvalue weighted by atomic mass is 16.5. The molecule has 6 nitrogen and oxygen atoms in total. The van der Waals surface area contributed by atoms with Gasteiger partial charge in [0.2, 0.25) is 0 Å². The van der Waals surface area contributed by atoms with Gasteiger partial charge in [0.15, 0.2) is 5.88 Å². The van der Waals surface area contributed by atoms with Crippen molar-refractivity contribution in [2.24, 2.45) is 4.99 Å². The third-order valence-corrected chi connectivity index (χ3v) is 2.33. The molecule has 0 fully saturated rings. The standard InChI is InChI=1S/C11H14N4O2/c1-16-10-4-6-14-11(15-10,17-2)5-3-9-7-12-8-13-9/h3-8,15H,1-2H3,(H,12,13). The quantitative estimate of drug-likeness (QED) is 0.811. The highest BCUT2D eigenvalue weighted by Crippen LogP contribution is 2.17. The number of aromatic nitrogens is 2. The molecule has 2 N–H and O–H groups in total. The number of methoxy groups -OCH3 is 2. The lowest BCUT2D eigenvalue weighted by Crippen LogP contribution is -2.45. The average molecular weight is 234 g/mol. The van der Waals surface area contributed by atoms with E-state index in [4.69, 9.17) is 9.47 Å². The lowest BCUT2D eigenvalue weighted by atomic mass is 10.3. The van der Waals surface area contributed by atoms with Crippen LogP contribution in [0, 0.1) is 0 Å². The van der Waals surface area contributed by atoms with E-state index in [9.17, 15) is 0 Å². The van der Waals surface area contributed by atoms with E-state index in [0.717, 1.165) is 5.69 Å². The summed E-state index contributed by atoms with van der Waals surface area (Å²) in [6.45, 7) is 0. The first kappa shape index (κ1) is 11.4.